The van der Waals surface area contributed by atoms with Crippen molar-refractivity contribution in [2.45, 2.75) is 27.2 Å². The zero-order chi connectivity index (χ0) is 19.6. The second-order valence-corrected chi connectivity index (χ2v) is 6.41. The largest absolute Gasteiger partial charge is 0.330 e. The van der Waals surface area contributed by atoms with Crippen LogP contribution < -0.4 is 5.32 Å². The van der Waals surface area contributed by atoms with Gasteiger partial charge in [-0.25, -0.2) is 9.50 Å². The molecule has 8 nitrogen and oxygen atoms in total. The van der Waals surface area contributed by atoms with E-state index < -0.39 is 5.91 Å². The smallest absolute Gasteiger partial charge is 0.293 e. The van der Waals surface area contributed by atoms with Crippen LogP contribution in [0.15, 0.2) is 30.3 Å². The second-order valence-electron chi connectivity index (χ2n) is 6.41. The molecule has 2 heterocycles. The lowest BCUT2D eigenvalue weighted by atomic mass is 10.1. The highest BCUT2D eigenvalue weighted by atomic mass is 16.2. The van der Waals surface area contributed by atoms with Gasteiger partial charge in [0.2, 0.25) is 11.7 Å². The van der Waals surface area contributed by atoms with Gasteiger partial charge in [-0.15, -0.1) is 5.10 Å². The minimum atomic E-state index is -0.434. The van der Waals surface area contributed by atoms with E-state index in [0.717, 1.165) is 29.1 Å². The molecule has 2 amide bonds. The van der Waals surface area contributed by atoms with Crippen LogP contribution in [-0.2, 0) is 11.2 Å². The molecule has 0 aliphatic carbocycles. The Morgan fingerprint density at radius 3 is 2.67 bits per heavy atom. The molecular weight excluding hydrogens is 344 g/mol. The number of aryl methyl sites for hydroxylation is 3. The van der Waals surface area contributed by atoms with Gasteiger partial charge in [-0.2, -0.15) is 4.98 Å². The molecule has 0 spiro atoms. The molecule has 0 atom stereocenters. The fraction of sp³-hybridized carbons (Fsp3) is 0.316. The van der Waals surface area contributed by atoms with Crippen molar-refractivity contribution in [2.75, 3.05) is 18.9 Å². The normalized spacial score (nSPS) is 10.8. The van der Waals surface area contributed by atoms with Crippen molar-refractivity contribution >= 4 is 23.3 Å². The Morgan fingerprint density at radius 2 is 1.93 bits per heavy atom. The van der Waals surface area contributed by atoms with E-state index in [4.69, 9.17) is 0 Å². The molecule has 0 saturated heterocycles. The first-order valence-electron chi connectivity index (χ1n) is 8.73. The van der Waals surface area contributed by atoms with Crippen molar-refractivity contribution < 1.29 is 9.59 Å². The number of fused-ring (bicyclic) bond motifs is 1. The van der Waals surface area contributed by atoms with E-state index in [1.165, 1.54) is 9.42 Å². The maximum atomic E-state index is 12.6. The number of hydrogen-bond acceptors (Lipinski definition) is 5. The standard InChI is InChI=1S/C19H22N6O2/c1-5-14-8-6-7-9-15(14)21-16(26)11-24(4)18(27)17-22-19-20-12(2)10-13(3)25(19)23-17/h6-10H,5,11H2,1-4H3,(H,21,26). The summed E-state index contributed by atoms with van der Waals surface area (Å²) < 4.78 is 1.52. The SMILES string of the molecule is CCc1ccccc1NC(=O)CN(C)C(=O)c1nc2nc(C)cc(C)n2n1. The number of para-hydroxylation sites is 1. The van der Waals surface area contributed by atoms with Crippen LogP contribution >= 0.6 is 0 Å². The Bertz CT molecular complexity index is 1010. The number of carbonyl (C=O) groups excluding carboxylic acids is 2. The van der Waals surface area contributed by atoms with Gasteiger partial charge in [0.05, 0.1) is 6.54 Å². The van der Waals surface area contributed by atoms with E-state index in [0.29, 0.717) is 5.78 Å². The van der Waals surface area contributed by atoms with Crippen molar-refractivity contribution in [3.63, 3.8) is 0 Å². The first-order valence-corrected chi connectivity index (χ1v) is 8.73. The number of likely N-dealkylation sites (N-methyl/N-ethyl adjacent to an activating group) is 1. The molecule has 0 saturated carbocycles. The van der Waals surface area contributed by atoms with Gasteiger partial charge in [0.1, 0.15) is 0 Å². The summed E-state index contributed by atoms with van der Waals surface area (Å²) >= 11 is 0. The molecule has 1 aromatic carbocycles. The first kappa shape index (κ1) is 18.5. The average molecular weight is 366 g/mol. The van der Waals surface area contributed by atoms with Gasteiger partial charge in [-0.1, -0.05) is 25.1 Å². The fourth-order valence-electron chi connectivity index (χ4n) is 2.86. The Kier molecular flexibility index (Phi) is 5.16. The number of rotatable bonds is 5. The Balaban J connectivity index is 1.72. The summed E-state index contributed by atoms with van der Waals surface area (Å²) in [7, 11) is 1.55. The quantitative estimate of drug-likeness (QED) is 0.746. The van der Waals surface area contributed by atoms with Crippen LogP contribution in [0.2, 0.25) is 0 Å². The van der Waals surface area contributed by atoms with Crippen molar-refractivity contribution in [2.24, 2.45) is 0 Å². The Morgan fingerprint density at radius 1 is 1.19 bits per heavy atom. The molecule has 3 rings (SSSR count). The van der Waals surface area contributed by atoms with Gasteiger partial charge >= 0.3 is 0 Å². The van der Waals surface area contributed by atoms with Crippen LogP contribution in [0.5, 0.6) is 0 Å². The number of hydrogen-bond donors (Lipinski definition) is 1. The van der Waals surface area contributed by atoms with E-state index in [1.54, 1.807) is 7.05 Å². The average Bonchev–Trinajstić information content (AvgIpc) is 3.05. The van der Waals surface area contributed by atoms with Crippen LogP contribution in [0, 0.1) is 13.8 Å². The lowest BCUT2D eigenvalue weighted by molar-refractivity contribution is -0.116. The number of benzene rings is 1. The fourth-order valence-corrected chi connectivity index (χ4v) is 2.86. The summed E-state index contributed by atoms with van der Waals surface area (Å²) in [6.07, 6.45) is 0.808. The van der Waals surface area contributed by atoms with Gasteiger partial charge in [0.15, 0.2) is 0 Å². The Labute approximate surface area is 157 Å². The van der Waals surface area contributed by atoms with E-state index >= 15 is 0 Å². The summed E-state index contributed by atoms with van der Waals surface area (Å²) in [4.78, 5) is 34.7. The molecule has 0 fully saturated rings. The monoisotopic (exact) mass is 366 g/mol. The number of amides is 2. The number of nitrogens with one attached hydrogen (secondary N) is 1. The van der Waals surface area contributed by atoms with Crippen LogP contribution in [-0.4, -0.2) is 49.9 Å². The molecule has 3 aromatic rings. The highest BCUT2D eigenvalue weighted by molar-refractivity contribution is 5.98. The lowest BCUT2D eigenvalue weighted by Gasteiger charge is -2.16. The van der Waals surface area contributed by atoms with E-state index in [-0.39, 0.29) is 18.3 Å². The highest BCUT2D eigenvalue weighted by Gasteiger charge is 2.21. The third-order valence-corrected chi connectivity index (χ3v) is 4.21. The molecule has 0 aliphatic heterocycles. The highest BCUT2D eigenvalue weighted by Crippen LogP contribution is 2.15. The number of nitrogens with zero attached hydrogens (tertiary/aromatic N) is 5. The summed E-state index contributed by atoms with van der Waals surface area (Å²) in [6.45, 7) is 5.64. The van der Waals surface area contributed by atoms with Crippen molar-refractivity contribution in [3.8, 4) is 0 Å². The lowest BCUT2D eigenvalue weighted by Crippen LogP contribution is -2.35. The zero-order valence-corrected chi connectivity index (χ0v) is 15.9. The van der Waals surface area contributed by atoms with Gasteiger partial charge in [0.25, 0.3) is 11.7 Å². The summed E-state index contributed by atoms with van der Waals surface area (Å²) in [5.41, 5.74) is 3.43. The molecule has 0 aliphatic rings. The topological polar surface area (TPSA) is 92.5 Å². The van der Waals surface area contributed by atoms with Gasteiger partial charge in [0, 0.05) is 24.1 Å². The molecule has 0 bridgehead atoms. The number of anilines is 1. The number of aromatic nitrogens is 4. The van der Waals surface area contributed by atoms with E-state index in [1.807, 2.05) is 51.1 Å². The van der Waals surface area contributed by atoms with Gasteiger partial charge in [-0.05, 0) is 38.0 Å². The molecule has 8 heteroatoms. The first-order chi connectivity index (χ1) is 12.9. The maximum Gasteiger partial charge on any atom is 0.293 e. The van der Waals surface area contributed by atoms with Crippen molar-refractivity contribution in [1.82, 2.24) is 24.5 Å². The molecule has 27 heavy (non-hydrogen) atoms. The maximum absolute atomic E-state index is 12.6. The molecular formula is C19H22N6O2. The molecule has 0 unspecified atom stereocenters. The Hall–Kier alpha value is -3.29. The minimum absolute atomic E-state index is 0.0143. The van der Waals surface area contributed by atoms with E-state index in [2.05, 4.69) is 20.4 Å². The predicted molar refractivity (Wildman–Crippen MR) is 102 cm³/mol. The third-order valence-electron chi connectivity index (χ3n) is 4.21. The van der Waals surface area contributed by atoms with Crippen molar-refractivity contribution in [3.05, 3.63) is 53.1 Å². The zero-order valence-electron chi connectivity index (χ0n) is 15.9. The number of carbonyl (C=O) groups is 2. The molecule has 1 N–H and O–H groups in total. The van der Waals surface area contributed by atoms with Gasteiger partial charge in [-0.3, -0.25) is 9.59 Å². The molecule has 140 valence electrons. The second kappa shape index (κ2) is 7.53. The molecule has 0 radical (unpaired) electrons. The van der Waals surface area contributed by atoms with Crippen LogP contribution in [0.1, 0.15) is 34.5 Å². The summed E-state index contributed by atoms with van der Waals surface area (Å²) in [5, 5.41) is 7.06. The summed E-state index contributed by atoms with van der Waals surface area (Å²) in [5.74, 6) is -0.330. The third kappa shape index (κ3) is 3.94. The summed E-state index contributed by atoms with van der Waals surface area (Å²) in [6, 6.07) is 9.46. The van der Waals surface area contributed by atoms with Crippen LogP contribution in [0.3, 0.4) is 0 Å². The van der Waals surface area contributed by atoms with Crippen LogP contribution in [0.25, 0.3) is 5.78 Å². The van der Waals surface area contributed by atoms with Crippen molar-refractivity contribution in [1.29, 1.82) is 0 Å². The van der Waals surface area contributed by atoms with Crippen LogP contribution in [0.4, 0.5) is 5.69 Å². The minimum Gasteiger partial charge on any atom is -0.330 e. The van der Waals surface area contributed by atoms with E-state index in [9.17, 15) is 9.59 Å². The molecule has 2 aromatic heterocycles. The predicted octanol–water partition coefficient (Wildman–Crippen LogP) is 2.01. The van der Waals surface area contributed by atoms with Gasteiger partial charge < -0.3 is 10.2 Å².